The first-order valence-electron chi connectivity index (χ1n) is 6.57. The van der Waals surface area contributed by atoms with Gasteiger partial charge in [0.25, 0.3) is 0 Å². The van der Waals surface area contributed by atoms with E-state index in [1.165, 1.54) is 12.1 Å². The van der Waals surface area contributed by atoms with Crippen LogP contribution in [0.1, 0.15) is 18.4 Å². The topological polar surface area (TPSA) is 81.4 Å². The summed E-state index contributed by atoms with van der Waals surface area (Å²) in [5, 5.41) is 0.141. The van der Waals surface area contributed by atoms with Crippen LogP contribution in [-0.2, 0) is 14.8 Å². The molecule has 1 aliphatic rings. The Morgan fingerprint density at radius 3 is 2.90 bits per heavy atom. The van der Waals surface area contributed by atoms with E-state index in [0.29, 0.717) is 18.7 Å². The van der Waals surface area contributed by atoms with Gasteiger partial charge in [-0.2, -0.15) is 0 Å². The highest BCUT2D eigenvalue weighted by Gasteiger charge is 2.22. The number of nitrogens with two attached hydrogens (primary N) is 1. The number of hydrogen-bond donors (Lipinski definition) is 2. The minimum absolute atomic E-state index is 0.00815. The highest BCUT2D eigenvalue weighted by atomic mass is 35.5. The second-order valence-corrected chi connectivity index (χ2v) is 7.53. The van der Waals surface area contributed by atoms with Crippen molar-refractivity contribution < 1.29 is 13.2 Å². The standard InChI is InChI=1S/C13H17ClN2O3S2/c14-11-4-3-10(13(15)20)6-12(11)21(17,18)16-7-9-2-1-5-19-8-9/h3-4,6,9,16H,1-2,5,7-8H2,(H2,15,20). The number of benzene rings is 1. The van der Waals surface area contributed by atoms with Crippen molar-refractivity contribution in [2.24, 2.45) is 11.7 Å². The third-order valence-corrected chi connectivity index (χ3v) is 5.46. The third kappa shape index (κ3) is 4.37. The lowest BCUT2D eigenvalue weighted by Crippen LogP contribution is -2.33. The van der Waals surface area contributed by atoms with Crippen LogP contribution >= 0.6 is 23.8 Å². The van der Waals surface area contributed by atoms with Crippen molar-refractivity contribution in [2.75, 3.05) is 19.8 Å². The van der Waals surface area contributed by atoms with E-state index in [9.17, 15) is 8.42 Å². The van der Waals surface area contributed by atoms with Gasteiger partial charge in [-0.25, -0.2) is 13.1 Å². The van der Waals surface area contributed by atoms with Crippen LogP contribution in [0, 0.1) is 5.92 Å². The molecule has 0 saturated carbocycles. The fraction of sp³-hybridized carbons (Fsp3) is 0.462. The molecule has 2 rings (SSSR count). The Balaban J connectivity index is 2.14. The molecule has 3 N–H and O–H groups in total. The second-order valence-electron chi connectivity index (χ2n) is 4.94. The number of ether oxygens (including phenoxy) is 1. The predicted octanol–water partition coefficient (Wildman–Crippen LogP) is 1.68. The largest absolute Gasteiger partial charge is 0.389 e. The zero-order valence-corrected chi connectivity index (χ0v) is 13.7. The van der Waals surface area contributed by atoms with Gasteiger partial charge in [0.05, 0.1) is 11.6 Å². The molecule has 1 aromatic carbocycles. The molecule has 0 radical (unpaired) electrons. The number of halogens is 1. The predicted molar refractivity (Wildman–Crippen MR) is 86.1 cm³/mol. The van der Waals surface area contributed by atoms with E-state index < -0.39 is 10.0 Å². The quantitative estimate of drug-likeness (QED) is 0.791. The Morgan fingerprint density at radius 2 is 2.29 bits per heavy atom. The summed E-state index contributed by atoms with van der Waals surface area (Å²) < 4.78 is 32.6. The van der Waals surface area contributed by atoms with Crippen molar-refractivity contribution in [2.45, 2.75) is 17.7 Å². The first-order valence-corrected chi connectivity index (χ1v) is 8.84. The summed E-state index contributed by atoms with van der Waals surface area (Å²) in [4.78, 5) is 0.120. The Labute approximate surface area is 134 Å². The average Bonchev–Trinajstić information content (AvgIpc) is 2.46. The first kappa shape index (κ1) is 16.6. The van der Waals surface area contributed by atoms with Crippen molar-refractivity contribution in [3.8, 4) is 0 Å². The van der Waals surface area contributed by atoms with Crippen LogP contribution in [0.25, 0.3) is 0 Å². The molecule has 1 saturated heterocycles. The average molecular weight is 349 g/mol. The second kappa shape index (κ2) is 7.02. The number of nitrogens with one attached hydrogen (secondary N) is 1. The molecule has 0 aromatic heterocycles. The van der Waals surface area contributed by atoms with Gasteiger partial charge in [-0.05, 0) is 30.9 Å². The van der Waals surface area contributed by atoms with Crippen molar-refractivity contribution in [1.82, 2.24) is 4.72 Å². The molecule has 21 heavy (non-hydrogen) atoms. The van der Waals surface area contributed by atoms with Gasteiger partial charge in [0.2, 0.25) is 10.0 Å². The van der Waals surface area contributed by atoms with Crippen LogP contribution in [0.5, 0.6) is 0 Å². The van der Waals surface area contributed by atoms with E-state index in [4.69, 9.17) is 34.3 Å². The maximum Gasteiger partial charge on any atom is 0.242 e. The molecule has 116 valence electrons. The summed E-state index contributed by atoms with van der Waals surface area (Å²) in [7, 11) is -3.70. The smallest absolute Gasteiger partial charge is 0.242 e. The van der Waals surface area contributed by atoms with Crippen molar-refractivity contribution in [3.05, 3.63) is 28.8 Å². The van der Waals surface area contributed by atoms with Crippen LogP contribution in [-0.4, -0.2) is 33.2 Å². The Bertz CT molecular complexity index is 628. The lowest BCUT2D eigenvalue weighted by molar-refractivity contribution is 0.0568. The number of thiocarbonyl (C=S) groups is 1. The zero-order valence-electron chi connectivity index (χ0n) is 11.3. The number of hydrogen-bond acceptors (Lipinski definition) is 4. The van der Waals surface area contributed by atoms with E-state index in [0.717, 1.165) is 19.4 Å². The van der Waals surface area contributed by atoms with Crippen LogP contribution in [0.3, 0.4) is 0 Å². The summed E-state index contributed by atoms with van der Waals surface area (Å²) in [5.74, 6) is 0.186. The minimum atomic E-state index is -3.70. The van der Waals surface area contributed by atoms with E-state index in [1.807, 2.05) is 0 Å². The molecule has 1 heterocycles. The van der Waals surface area contributed by atoms with E-state index >= 15 is 0 Å². The van der Waals surface area contributed by atoms with Gasteiger partial charge in [0, 0.05) is 18.7 Å². The maximum absolute atomic E-state index is 12.4. The molecule has 1 unspecified atom stereocenters. The lowest BCUT2D eigenvalue weighted by Gasteiger charge is -2.22. The Kier molecular flexibility index (Phi) is 5.56. The molecule has 0 spiro atoms. The molecule has 1 fully saturated rings. The highest BCUT2D eigenvalue weighted by Crippen LogP contribution is 2.23. The molecule has 1 aromatic rings. The molecular weight excluding hydrogens is 332 g/mol. The van der Waals surface area contributed by atoms with Gasteiger partial charge in [-0.1, -0.05) is 29.9 Å². The molecule has 0 bridgehead atoms. The van der Waals surface area contributed by atoms with Crippen molar-refractivity contribution >= 4 is 38.8 Å². The van der Waals surface area contributed by atoms with Crippen LogP contribution in [0.2, 0.25) is 5.02 Å². The van der Waals surface area contributed by atoms with Crippen LogP contribution in [0.4, 0.5) is 0 Å². The summed E-state index contributed by atoms with van der Waals surface area (Å²) in [5.41, 5.74) is 5.99. The van der Waals surface area contributed by atoms with E-state index in [1.54, 1.807) is 6.07 Å². The molecule has 5 nitrogen and oxygen atoms in total. The van der Waals surface area contributed by atoms with Gasteiger partial charge in [-0.15, -0.1) is 0 Å². The minimum Gasteiger partial charge on any atom is -0.389 e. The van der Waals surface area contributed by atoms with Gasteiger partial charge >= 0.3 is 0 Å². The summed E-state index contributed by atoms with van der Waals surface area (Å²) in [6, 6.07) is 4.47. The molecule has 8 heteroatoms. The van der Waals surface area contributed by atoms with Crippen LogP contribution < -0.4 is 10.5 Å². The maximum atomic E-state index is 12.4. The van der Waals surface area contributed by atoms with Crippen molar-refractivity contribution in [1.29, 1.82) is 0 Å². The first-order chi connectivity index (χ1) is 9.90. The molecule has 1 aliphatic heterocycles. The molecule has 0 amide bonds. The fourth-order valence-corrected chi connectivity index (χ4v) is 3.90. The van der Waals surface area contributed by atoms with Crippen molar-refractivity contribution in [3.63, 3.8) is 0 Å². The normalized spacial score (nSPS) is 19.4. The van der Waals surface area contributed by atoms with Gasteiger partial charge in [0.1, 0.15) is 9.88 Å². The summed E-state index contributed by atoms with van der Waals surface area (Å²) in [6.45, 7) is 1.64. The SMILES string of the molecule is NC(=S)c1ccc(Cl)c(S(=O)(=O)NCC2CCCOC2)c1. The van der Waals surface area contributed by atoms with E-state index in [-0.39, 0.29) is 20.8 Å². The van der Waals surface area contributed by atoms with Gasteiger partial charge < -0.3 is 10.5 Å². The summed E-state index contributed by atoms with van der Waals surface area (Å²) in [6.07, 6.45) is 1.90. The van der Waals surface area contributed by atoms with Crippen LogP contribution in [0.15, 0.2) is 23.1 Å². The summed E-state index contributed by atoms with van der Waals surface area (Å²) >= 11 is 10.8. The third-order valence-electron chi connectivity index (χ3n) is 3.32. The molecule has 1 atom stereocenters. The Hall–Kier alpha value is -0.730. The number of sulfonamides is 1. The molecule has 0 aliphatic carbocycles. The number of rotatable bonds is 5. The van der Waals surface area contributed by atoms with Gasteiger partial charge in [-0.3, -0.25) is 0 Å². The van der Waals surface area contributed by atoms with Gasteiger partial charge in [0.15, 0.2) is 0 Å². The highest BCUT2D eigenvalue weighted by molar-refractivity contribution is 7.89. The van der Waals surface area contributed by atoms with E-state index in [2.05, 4.69) is 4.72 Å². The Morgan fingerprint density at radius 1 is 1.52 bits per heavy atom. The lowest BCUT2D eigenvalue weighted by atomic mass is 10.0. The fourth-order valence-electron chi connectivity index (χ4n) is 2.14. The molecular formula is C13H17ClN2O3S2. The zero-order chi connectivity index (χ0) is 15.5. The monoisotopic (exact) mass is 348 g/mol.